The lowest BCUT2D eigenvalue weighted by molar-refractivity contribution is 0.0936. The number of anilines is 1. The van der Waals surface area contributed by atoms with Crippen molar-refractivity contribution >= 4 is 11.6 Å². The second kappa shape index (κ2) is 11.1. The summed E-state index contributed by atoms with van der Waals surface area (Å²) in [6.07, 6.45) is 2.05. The number of nitrogens with one attached hydrogen (secondary N) is 2. The monoisotopic (exact) mass is 438 g/mol. The van der Waals surface area contributed by atoms with Gasteiger partial charge in [-0.15, -0.1) is 0 Å². The molecule has 32 heavy (non-hydrogen) atoms. The Morgan fingerprint density at radius 2 is 1.81 bits per heavy atom. The van der Waals surface area contributed by atoms with Crippen molar-refractivity contribution in [3.63, 3.8) is 0 Å². The molecule has 0 aliphatic carbocycles. The van der Waals surface area contributed by atoms with E-state index in [1.807, 2.05) is 24.3 Å². The van der Waals surface area contributed by atoms with Crippen molar-refractivity contribution < 1.29 is 14.6 Å². The fraction of sp³-hybridized carbons (Fsp3) is 0.480. The van der Waals surface area contributed by atoms with E-state index in [1.165, 1.54) is 11.3 Å². The van der Waals surface area contributed by atoms with Crippen LogP contribution in [0.3, 0.4) is 0 Å². The molecule has 0 aromatic heterocycles. The Morgan fingerprint density at radius 3 is 2.53 bits per heavy atom. The highest BCUT2D eigenvalue weighted by Gasteiger charge is 2.21. The molecule has 172 valence electrons. The van der Waals surface area contributed by atoms with Gasteiger partial charge in [0, 0.05) is 31.9 Å². The molecule has 0 spiro atoms. The predicted molar refractivity (Wildman–Crippen MR) is 128 cm³/mol. The number of fused-ring (bicyclic) bond motifs is 1. The number of nitrogens with zero attached hydrogens (tertiary/aromatic N) is 2. The summed E-state index contributed by atoms with van der Waals surface area (Å²) in [6.45, 7) is 6.90. The summed E-state index contributed by atoms with van der Waals surface area (Å²) < 4.78 is 11.8. The molecule has 7 nitrogen and oxygen atoms in total. The molecule has 0 bridgehead atoms. The molecular formula is C25H34N4O3. The SMILES string of the molecule is CCNC(=NCc1ccc(N2CCC(CO)CC2)cc1)NCC1COc2ccccc2O1. The lowest BCUT2D eigenvalue weighted by atomic mass is 9.97. The molecule has 7 heteroatoms. The average molecular weight is 439 g/mol. The molecule has 2 aliphatic heterocycles. The maximum Gasteiger partial charge on any atom is 0.191 e. The summed E-state index contributed by atoms with van der Waals surface area (Å²) in [5, 5.41) is 16.0. The summed E-state index contributed by atoms with van der Waals surface area (Å²) >= 11 is 0. The molecule has 0 saturated carbocycles. The normalized spacial score (nSPS) is 19.0. The zero-order chi connectivity index (χ0) is 22.2. The maximum absolute atomic E-state index is 9.32. The van der Waals surface area contributed by atoms with Crippen LogP contribution >= 0.6 is 0 Å². The van der Waals surface area contributed by atoms with E-state index in [0.717, 1.165) is 49.9 Å². The summed E-state index contributed by atoms with van der Waals surface area (Å²) in [7, 11) is 0. The van der Waals surface area contributed by atoms with E-state index >= 15 is 0 Å². The van der Waals surface area contributed by atoms with Crippen molar-refractivity contribution in [1.29, 1.82) is 0 Å². The second-order valence-corrected chi connectivity index (χ2v) is 8.35. The van der Waals surface area contributed by atoms with Gasteiger partial charge >= 0.3 is 0 Å². The summed E-state index contributed by atoms with van der Waals surface area (Å²) in [4.78, 5) is 7.13. The van der Waals surface area contributed by atoms with E-state index in [9.17, 15) is 5.11 Å². The third kappa shape index (κ3) is 5.85. The van der Waals surface area contributed by atoms with Gasteiger partial charge < -0.3 is 30.1 Å². The number of benzene rings is 2. The van der Waals surface area contributed by atoms with Crippen LogP contribution in [0.4, 0.5) is 5.69 Å². The molecule has 3 N–H and O–H groups in total. The van der Waals surface area contributed by atoms with Crippen molar-refractivity contribution in [2.24, 2.45) is 10.9 Å². The van der Waals surface area contributed by atoms with Crippen LogP contribution in [0, 0.1) is 5.92 Å². The first-order chi connectivity index (χ1) is 15.7. The number of rotatable bonds is 7. The molecule has 1 fully saturated rings. The van der Waals surface area contributed by atoms with Gasteiger partial charge in [0.1, 0.15) is 12.7 Å². The van der Waals surface area contributed by atoms with Gasteiger partial charge in [0.2, 0.25) is 0 Å². The standard InChI is InChI=1S/C25H34N4O3/c1-2-26-25(28-16-22-18-31-23-5-3-4-6-24(23)32-22)27-15-19-7-9-21(10-8-19)29-13-11-20(17-30)12-14-29/h3-10,20,22,30H,2,11-18H2,1H3,(H2,26,27,28). The first-order valence-electron chi connectivity index (χ1n) is 11.6. The molecule has 2 heterocycles. The number of para-hydroxylation sites is 2. The minimum absolute atomic E-state index is 0.0667. The number of piperidine rings is 1. The Hall–Kier alpha value is -2.93. The Balaban J connectivity index is 1.28. The van der Waals surface area contributed by atoms with Crippen LogP contribution in [-0.2, 0) is 6.54 Å². The number of hydrogen-bond donors (Lipinski definition) is 3. The predicted octanol–water partition coefficient (Wildman–Crippen LogP) is 2.79. The molecule has 2 aromatic rings. The summed E-state index contributed by atoms with van der Waals surface area (Å²) in [5.41, 5.74) is 2.41. The molecule has 2 aromatic carbocycles. The van der Waals surface area contributed by atoms with Crippen molar-refractivity contribution in [1.82, 2.24) is 10.6 Å². The molecule has 1 saturated heterocycles. The van der Waals surface area contributed by atoms with Gasteiger partial charge in [-0.3, -0.25) is 0 Å². The van der Waals surface area contributed by atoms with Gasteiger partial charge in [-0.2, -0.15) is 0 Å². The highest BCUT2D eigenvalue weighted by Crippen LogP contribution is 2.30. The van der Waals surface area contributed by atoms with Crippen LogP contribution in [-0.4, -0.2) is 56.6 Å². The molecule has 1 unspecified atom stereocenters. The van der Waals surface area contributed by atoms with Crippen LogP contribution in [0.15, 0.2) is 53.5 Å². The van der Waals surface area contributed by atoms with Crippen LogP contribution in [0.1, 0.15) is 25.3 Å². The number of aliphatic hydroxyl groups excluding tert-OH is 1. The number of guanidine groups is 1. The zero-order valence-corrected chi connectivity index (χ0v) is 18.8. The minimum atomic E-state index is -0.0667. The smallest absolute Gasteiger partial charge is 0.191 e. The lowest BCUT2D eigenvalue weighted by Crippen LogP contribution is -2.45. The largest absolute Gasteiger partial charge is 0.486 e. The highest BCUT2D eigenvalue weighted by atomic mass is 16.6. The van der Waals surface area contributed by atoms with Crippen molar-refractivity contribution in [2.45, 2.75) is 32.4 Å². The molecule has 1 atom stereocenters. The first-order valence-corrected chi connectivity index (χ1v) is 11.6. The van der Waals surface area contributed by atoms with Crippen LogP contribution < -0.4 is 25.0 Å². The number of ether oxygens (including phenoxy) is 2. The lowest BCUT2D eigenvalue weighted by Gasteiger charge is -2.32. The highest BCUT2D eigenvalue weighted by molar-refractivity contribution is 5.79. The molecule has 0 radical (unpaired) electrons. The van der Waals surface area contributed by atoms with Crippen molar-refractivity contribution in [3.05, 3.63) is 54.1 Å². The van der Waals surface area contributed by atoms with Gasteiger partial charge in [0.25, 0.3) is 0 Å². The fourth-order valence-corrected chi connectivity index (χ4v) is 4.07. The molecule has 2 aliphatic rings. The summed E-state index contributed by atoms with van der Waals surface area (Å²) in [5.74, 6) is 2.81. The first kappa shape index (κ1) is 22.3. The molecule has 0 amide bonds. The van der Waals surface area contributed by atoms with Gasteiger partial charge in [-0.25, -0.2) is 4.99 Å². The topological polar surface area (TPSA) is 78.4 Å². The Morgan fingerprint density at radius 1 is 1.06 bits per heavy atom. The van der Waals surface area contributed by atoms with E-state index in [2.05, 4.69) is 46.7 Å². The van der Waals surface area contributed by atoms with Crippen LogP contribution in [0.25, 0.3) is 0 Å². The maximum atomic E-state index is 9.32. The zero-order valence-electron chi connectivity index (χ0n) is 18.8. The Kier molecular flexibility index (Phi) is 7.72. The molecular weight excluding hydrogens is 404 g/mol. The minimum Gasteiger partial charge on any atom is -0.486 e. The van der Waals surface area contributed by atoms with Gasteiger partial charge in [-0.1, -0.05) is 24.3 Å². The number of aliphatic hydroxyl groups is 1. The van der Waals surface area contributed by atoms with Gasteiger partial charge in [0.05, 0.1) is 13.1 Å². The van der Waals surface area contributed by atoms with E-state index in [1.54, 1.807) is 0 Å². The quantitative estimate of drug-likeness (QED) is 0.456. The second-order valence-electron chi connectivity index (χ2n) is 8.35. The third-order valence-electron chi connectivity index (χ3n) is 6.00. The molecule has 4 rings (SSSR count). The van der Waals surface area contributed by atoms with Crippen LogP contribution in [0.2, 0.25) is 0 Å². The Labute approximate surface area is 190 Å². The van der Waals surface area contributed by atoms with E-state index in [0.29, 0.717) is 32.2 Å². The number of hydrogen-bond acceptors (Lipinski definition) is 5. The number of aliphatic imine (C=N–C) groups is 1. The van der Waals surface area contributed by atoms with Crippen molar-refractivity contribution in [2.75, 3.05) is 44.3 Å². The van der Waals surface area contributed by atoms with E-state index in [4.69, 9.17) is 14.5 Å². The third-order valence-corrected chi connectivity index (χ3v) is 6.00. The summed E-state index contributed by atoms with van der Waals surface area (Å²) in [6, 6.07) is 16.4. The van der Waals surface area contributed by atoms with Crippen LogP contribution in [0.5, 0.6) is 11.5 Å². The van der Waals surface area contributed by atoms with Crippen molar-refractivity contribution in [3.8, 4) is 11.5 Å². The fourth-order valence-electron chi connectivity index (χ4n) is 4.07. The van der Waals surface area contributed by atoms with Gasteiger partial charge in [0.15, 0.2) is 17.5 Å². The Bertz CT molecular complexity index is 879. The average Bonchev–Trinajstić information content (AvgIpc) is 2.86. The van der Waals surface area contributed by atoms with Gasteiger partial charge in [-0.05, 0) is 55.5 Å². The van der Waals surface area contributed by atoms with E-state index < -0.39 is 0 Å². The van der Waals surface area contributed by atoms with E-state index in [-0.39, 0.29) is 6.10 Å².